The molecule has 0 aliphatic rings. The number of carbonyl (C=O) groups excluding carboxylic acids is 2. The van der Waals surface area contributed by atoms with E-state index in [1.807, 2.05) is 11.8 Å². The Morgan fingerprint density at radius 3 is 2.46 bits per heavy atom. The number of esters is 1. The van der Waals surface area contributed by atoms with Crippen molar-refractivity contribution < 1.29 is 23.8 Å². The molecule has 7 heteroatoms. The molecule has 0 aliphatic carbocycles. The van der Waals surface area contributed by atoms with Crippen molar-refractivity contribution in [2.45, 2.75) is 13.8 Å². The molecule has 1 amide bonds. The lowest BCUT2D eigenvalue weighted by Crippen LogP contribution is -2.38. The highest BCUT2D eigenvalue weighted by Gasteiger charge is 2.19. The van der Waals surface area contributed by atoms with Gasteiger partial charge in [-0.2, -0.15) is 0 Å². The van der Waals surface area contributed by atoms with E-state index >= 15 is 0 Å². The zero-order chi connectivity index (χ0) is 18.1. The largest absolute Gasteiger partial charge is 0.497 e. The zero-order valence-electron chi connectivity index (χ0n) is 14.9. The second-order valence-electron chi connectivity index (χ2n) is 5.37. The molecule has 0 bridgehead atoms. The molecule has 0 spiro atoms. The van der Waals surface area contributed by atoms with Gasteiger partial charge in [0.05, 0.1) is 39.5 Å². The first kappa shape index (κ1) is 19.8. The summed E-state index contributed by atoms with van der Waals surface area (Å²) in [4.78, 5) is 25.7. The van der Waals surface area contributed by atoms with Crippen LogP contribution in [0.5, 0.6) is 11.5 Å². The summed E-state index contributed by atoms with van der Waals surface area (Å²) in [7, 11) is 4.45. The van der Waals surface area contributed by atoms with Crippen molar-refractivity contribution in [2.75, 3.05) is 46.3 Å². The van der Waals surface area contributed by atoms with Gasteiger partial charge >= 0.3 is 5.97 Å². The molecule has 0 heterocycles. The molecule has 1 atom stereocenters. The number of likely N-dealkylation sites (N-methyl/N-ethyl adjacent to an activating group) is 1. The maximum absolute atomic E-state index is 12.3. The number of rotatable bonds is 9. The predicted octanol–water partition coefficient (Wildman–Crippen LogP) is 1.77. The van der Waals surface area contributed by atoms with E-state index in [4.69, 9.17) is 14.2 Å². The minimum atomic E-state index is -0.297. The molecule has 1 aromatic carbocycles. The highest BCUT2D eigenvalue weighted by molar-refractivity contribution is 5.94. The van der Waals surface area contributed by atoms with Crippen LogP contribution in [0.25, 0.3) is 0 Å². The summed E-state index contributed by atoms with van der Waals surface area (Å²) in [5.41, 5.74) is 0.541. The predicted molar refractivity (Wildman–Crippen MR) is 91.5 cm³/mol. The molecule has 1 unspecified atom stereocenters. The van der Waals surface area contributed by atoms with Crippen LogP contribution in [-0.4, -0.2) is 57.7 Å². The summed E-state index contributed by atoms with van der Waals surface area (Å²) in [6, 6.07) is 5.18. The molecule has 0 saturated carbocycles. The Morgan fingerprint density at radius 2 is 1.92 bits per heavy atom. The highest BCUT2D eigenvalue weighted by Crippen LogP contribution is 2.28. The smallest absolute Gasteiger partial charge is 0.309 e. The van der Waals surface area contributed by atoms with Gasteiger partial charge in [0.15, 0.2) is 0 Å². The van der Waals surface area contributed by atoms with Crippen molar-refractivity contribution in [3.63, 3.8) is 0 Å². The summed E-state index contributed by atoms with van der Waals surface area (Å²) in [6.07, 6.45) is 0. The Morgan fingerprint density at radius 1 is 1.21 bits per heavy atom. The van der Waals surface area contributed by atoms with Crippen LogP contribution in [0.15, 0.2) is 18.2 Å². The van der Waals surface area contributed by atoms with Crippen molar-refractivity contribution in [1.29, 1.82) is 0 Å². The second-order valence-corrected chi connectivity index (χ2v) is 5.37. The molecule has 0 saturated heterocycles. The topological polar surface area (TPSA) is 77.1 Å². The molecule has 134 valence electrons. The first-order valence-corrected chi connectivity index (χ1v) is 7.77. The summed E-state index contributed by atoms with van der Waals surface area (Å²) in [6.45, 7) is 4.97. The molecule has 0 aliphatic heterocycles. The summed E-state index contributed by atoms with van der Waals surface area (Å²) >= 11 is 0. The Hall–Kier alpha value is -2.28. The van der Waals surface area contributed by atoms with Crippen LogP contribution >= 0.6 is 0 Å². The van der Waals surface area contributed by atoms with Gasteiger partial charge in [0, 0.05) is 12.6 Å². The number of amides is 1. The van der Waals surface area contributed by atoms with Crippen LogP contribution in [0, 0.1) is 5.92 Å². The average Bonchev–Trinajstić information content (AvgIpc) is 2.59. The molecule has 0 radical (unpaired) electrons. The van der Waals surface area contributed by atoms with E-state index in [0.29, 0.717) is 30.3 Å². The van der Waals surface area contributed by atoms with Crippen molar-refractivity contribution in [1.82, 2.24) is 4.90 Å². The fourth-order valence-corrected chi connectivity index (χ4v) is 2.27. The Bertz CT molecular complexity index is 562. The Labute approximate surface area is 142 Å². The number of nitrogens with zero attached hydrogens (tertiary/aromatic N) is 1. The molecule has 1 aromatic rings. The van der Waals surface area contributed by atoms with Crippen molar-refractivity contribution in [3.05, 3.63) is 18.2 Å². The molecule has 1 N–H and O–H groups in total. The molecular weight excluding hydrogens is 312 g/mol. The standard InChI is InChI=1S/C17H26N2O5/c1-6-19(10-12(2)17(21)24-5)11-16(20)18-14-9-13(22-3)7-8-15(14)23-4/h7-9,12H,6,10-11H2,1-5H3,(H,18,20). The van der Waals surface area contributed by atoms with Gasteiger partial charge in [-0.15, -0.1) is 0 Å². The van der Waals surface area contributed by atoms with Crippen molar-refractivity contribution in [3.8, 4) is 11.5 Å². The van der Waals surface area contributed by atoms with Gasteiger partial charge in [0.2, 0.25) is 5.91 Å². The van der Waals surface area contributed by atoms with E-state index < -0.39 is 0 Å². The number of anilines is 1. The van der Waals surface area contributed by atoms with Crippen LogP contribution in [0.4, 0.5) is 5.69 Å². The lowest BCUT2D eigenvalue weighted by molar-refractivity contribution is -0.145. The van der Waals surface area contributed by atoms with Gasteiger partial charge in [-0.05, 0) is 18.7 Å². The quantitative estimate of drug-likeness (QED) is 0.692. The highest BCUT2D eigenvalue weighted by atomic mass is 16.5. The van der Waals surface area contributed by atoms with E-state index in [9.17, 15) is 9.59 Å². The van der Waals surface area contributed by atoms with Gasteiger partial charge in [-0.3, -0.25) is 14.5 Å². The lowest BCUT2D eigenvalue weighted by atomic mass is 10.1. The fraction of sp³-hybridized carbons (Fsp3) is 0.529. The summed E-state index contributed by atoms with van der Waals surface area (Å²) in [5, 5.41) is 2.82. The number of carbonyl (C=O) groups is 2. The number of hydrogen-bond donors (Lipinski definition) is 1. The van der Waals surface area contributed by atoms with Crippen molar-refractivity contribution in [2.24, 2.45) is 5.92 Å². The third-order valence-electron chi connectivity index (χ3n) is 3.63. The first-order valence-electron chi connectivity index (χ1n) is 7.77. The second kappa shape index (κ2) is 9.77. The van der Waals surface area contributed by atoms with Gasteiger partial charge < -0.3 is 19.5 Å². The minimum absolute atomic E-state index is 0.165. The maximum atomic E-state index is 12.3. The number of nitrogens with one attached hydrogen (secondary N) is 1. The van der Waals surface area contributed by atoms with E-state index in [1.54, 1.807) is 32.2 Å². The van der Waals surface area contributed by atoms with Gasteiger partial charge in [-0.25, -0.2) is 0 Å². The van der Waals surface area contributed by atoms with Crippen LogP contribution in [0.2, 0.25) is 0 Å². The van der Waals surface area contributed by atoms with Gasteiger partial charge in [0.1, 0.15) is 11.5 Å². The van der Waals surface area contributed by atoms with Crippen molar-refractivity contribution >= 4 is 17.6 Å². The SMILES string of the molecule is CCN(CC(=O)Nc1cc(OC)ccc1OC)CC(C)C(=O)OC. The Balaban J connectivity index is 2.71. The van der Waals surface area contributed by atoms with Crippen LogP contribution < -0.4 is 14.8 Å². The Kier molecular flexibility index (Phi) is 8.05. The third kappa shape index (κ3) is 5.73. The zero-order valence-corrected chi connectivity index (χ0v) is 14.9. The van der Waals surface area contributed by atoms with E-state index in [0.717, 1.165) is 0 Å². The van der Waals surface area contributed by atoms with E-state index in [-0.39, 0.29) is 24.3 Å². The minimum Gasteiger partial charge on any atom is -0.497 e. The molecular formula is C17H26N2O5. The molecule has 1 rings (SSSR count). The third-order valence-corrected chi connectivity index (χ3v) is 3.63. The summed E-state index contributed by atoms with van der Waals surface area (Å²) in [5.74, 6) is 0.394. The van der Waals surface area contributed by atoms with Crippen LogP contribution in [0.1, 0.15) is 13.8 Å². The number of ether oxygens (including phenoxy) is 3. The maximum Gasteiger partial charge on any atom is 0.309 e. The van der Waals surface area contributed by atoms with Crippen LogP contribution in [0.3, 0.4) is 0 Å². The van der Waals surface area contributed by atoms with E-state index in [2.05, 4.69) is 5.32 Å². The van der Waals surface area contributed by atoms with Gasteiger partial charge in [-0.1, -0.05) is 13.8 Å². The fourth-order valence-electron chi connectivity index (χ4n) is 2.27. The first-order chi connectivity index (χ1) is 11.4. The van der Waals surface area contributed by atoms with Gasteiger partial charge in [0.25, 0.3) is 0 Å². The van der Waals surface area contributed by atoms with E-state index in [1.165, 1.54) is 14.2 Å². The number of hydrogen-bond acceptors (Lipinski definition) is 6. The van der Waals surface area contributed by atoms with Crippen LogP contribution in [-0.2, 0) is 14.3 Å². The number of benzene rings is 1. The molecule has 7 nitrogen and oxygen atoms in total. The molecule has 24 heavy (non-hydrogen) atoms. The monoisotopic (exact) mass is 338 g/mol. The normalized spacial score (nSPS) is 11.8. The molecule has 0 aromatic heterocycles. The lowest BCUT2D eigenvalue weighted by Gasteiger charge is -2.22. The molecule has 0 fully saturated rings. The number of methoxy groups -OCH3 is 3. The average molecular weight is 338 g/mol. The summed E-state index contributed by atoms with van der Waals surface area (Å²) < 4.78 is 15.1.